The summed E-state index contributed by atoms with van der Waals surface area (Å²) in [6, 6.07) is 2.80. The van der Waals surface area contributed by atoms with E-state index in [4.69, 9.17) is 19.4 Å². The number of ether oxygens (including phenoxy) is 2. The SMILES string of the molecule is CC=CC(=O)N1CCN(c2nc(NC(=O)[C@@H]3CCCN3C(=O)C(C)CSC(C)=O)c3cc(OC)c(OC)cc3n2)CC1. The number of thioether (sulfide) groups is 1. The molecule has 4 rings (SSSR count). The number of hydrogen-bond donors (Lipinski definition) is 1. The molecule has 1 aromatic heterocycles. The van der Waals surface area contributed by atoms with Crippen LogP contribution in [0.3, 0.4) is 0 Å². The molecule has 2 saturated heterocycles. The van der Waals surface area contributed by atoms with E-state index in [-0.39, 0.29) is 22.8 Å². The average Bonchev–Trinajstić information content (AvgIpc) is 3.49. The van der Waals surface area contributed by atoms with Gasteiger partial charge < -0.3 is 29.5 Å². The monoisotopic (exact) mass is 598 g/mol. The molecule has 226 valence electrons. The number of aromatic nitrogens is 2. The fourth-order valence-electron chi connectivity index (χ4n) is 5.15. The fraction of sp³-hybridized carbons (Fsp3) is 0.517. The molecule has 2 fully saturated rings. The van der Waals surface area contributed by atoms with E-state index < -0.39 is 12.0 Å². The number of nitrogens with one attached hydrogen (secondary N) is 1. The molecule has 3 heterocycles. The number of anilines is 2. The van der Waals surface area contributed by atoms with E-state index in [2.05, 4.69) is 5.32 Å². The van der Waals surface area contributed by atoms with Gasteiger partial charge in [-0.05, 0) is 31.9 Å². The Morgan fingerprint density at radius 2 is 1.76 bits per heavy atom. The Hall–Kier alpha value is -3.87. The first-order chi connectivity index (χ1) is 20.2. The molecule has 3 amide bonds. The number of fused-ring (bicyclic) bond motifs is 1. The molecule has 12 nitrogen and oxygen atoms in total. The van der Waals surface area contributed by atoms with Crippen LogP contribution in [0.2, 0.25) is 0 Å². The summed E-state index contributed by atoms with van der Waals surface area (Å²) in [5, 5.41) is 3.49. The first-order valence-electron chi connectivity index (χ1n) is 14.0. The van der Waals surface area contributed by atoms with Gasteiger partial charge in [-0.25, -0.2) is 4.98 Å². The lowest BCUT2D eigenvalue weighted by Crippen LogP contribution is -2.49. The minimum absolute atomic E-state index is 0.0359. The quantitative estimate of drug-likeness (QED) is 0.430. The van der Waals surface area contributed by atoms with Gasteiger partial charge in [-0.2, -0.15) is 4.98 Å². The van der Waals surface area contributed by atoms with E-state index in [9.17, 15) is 19.2 Å². The summed E-state index contributed by atoms with van der Waals surface area (Å²) in [7, 11) is 3.07. The summed E-state index contributed by atoms with van der Waals surface area (Å²) in [6.07, 6.45) is 4.50. The van der Waals surface area contributed by atoms with Crippen LogP contribution >= 0.6 is 11.8 Å². The minimum Gasteiger partial charge on any atom is -0.493 e. The van der Waals surface area contributed by atoms with Crippen LogP contribution in [0.15, 0.2) is 24.3 Å². The summed E-state index contributed by atoms with van der Waals surface area (Å²) >= 11 is 1.11. The Kier molecular flexibility index (Phi) is 10.3. The molecule has 0 aliphatic carbocycles. The lowest BCUT2D eigenvalue weighted by atomic mass is 10.1. The number of piperazine rings is 1. The van der Waals surface area contributed by atoms with Crippen LogP contribution < -0.4 is 19.7 Å². The Balaban J connectivity index is 1.62. The van der Waals surface area contributed by atoms with Gasteiger partial charge in [0.1, 0.15) is 11.9 Å². The maximum Gasteiger partial charge on any atom is 0.248 e. The highest BCUT2D eigenvalue weighted by Gasteiger charge is 2.36. The molecule has 1 unspecified atom stereocenters. The molecule has 1 N–H and O–H groups in total. The highest BCUT2D eigenvalue weighted by molar-refractivity contribution is 8.13. The molecular formula is C29H38N6O6S. The predicted octanol–water partition coefficient (Wildman–Crippen LogP) is 2.72. The van der Waals surface area contributed by atoms with Gasteiger partial charge >= 0.3 is 0 Å². The number of benzene rings is 1. The number of methoxy groups -OCH3 is 2. The number of allylic oxidation sites excluding steroid dienone is 1. The highest BCUT2D eigenvalue weighted by Crippen LogP contribution is 2.35. The lowest BCUT2D eigenvalue weighted by Gasteiger charge is -2.34. The van der Waals surface area contributed by atoms with Gasteiger partial charge in [-0.15, -0.1) is 0 Å². The van der Waals surface area contributed by atoms with Crippen molar-refractivity contribution in [1.29, 1.82) is 0 Å². The van der Waals surface area contributed by atoms with Crippen LogP contribution in [0, 0.1) is 5.92 Å². The molecular weight excluding hydrogens is 560 g/mol. The van der Waals surface area contributed by atoms with Crippen molar-refractivity contribution in [3.8, 4) is 11.5 Å². The summed E-state index contributed by atoms with van der Waals surface area (Å²) < 4.78 is 11.0. The highest BCUT2D eigenvalue weighted by atomic mass is 32.2. The molecule has 0 saturated carbocycles. The van der Waals surface area contributed by atoms with Crippen LogP contribution in [0.5, 0.6) is 11.5 Å². The molecule has 13 heteroatoms. The van der Waals surface area contributed by atoms with Crippen molar-refractivity contribution in [2.45, 2.75) is 39.7 Å². The molecule has 2 atom stereocenters. The van der Waals surface area contributed by atoms with E-state index in [0.29, 0.717) is 85.5 Å². The number of carbonyl (C=O) groups is 4. The van der Waals surface area contributed by atoms with E-state index in [1.54, 1.807) is 41.0 Å². The largest absolute Gasteiger partial charge is 0.493 e. The zero-order chi connectivity index (χ0) is 30.4. The number of amides is 3. The third kappa shape index (κ3) is 6.94. The van der Waals surface area contributed by atoms with Crippen molar-refractivity contribution < 1.29 is 28.7 Å². The van der Waals surface area contributed by atoms with Gasteiger partial charge in [-0.3, -0.25) is 19.2 Å². The molecule has 0 bridgehead atoms. The molecule has 42 heavy (non-hydrogen) atoms. The second-order valence-corrected chi connectivity index (χ2v) is 11.5. The Labute approximate surface area is 249 Å². The average molecular weight is 599 g/mol. The van der Waals surface area contributed by atoms with Gasteiger partial charge in [-0.1, -0.05) is 24.8 Å². The number of hydrogen-bond acceptors (Lipinski definition) is 10. The van der Waals surface area contributed by atoms with Crippen LogP contribution in [-0.4, -0.2) is 101 Å². The Morgan fingerprint density at radius 3 is 2.40 bits per heavy atom. The fourth-order valence-corrected chi connectivity index (χ4v) is 5.78. The van der Waals surface area contributed by atoms with E-state index in [1.807, 2.05) is 11.8 Å². The first kappa shape index (κ1) is 31.1. The van der Waals surface area contributed by atoms with E-state index >= 15 is 0 Å². The van der Waals surface area contributed by atoms with Crippen molar-refractivity contribution in [1.82, 2.24) is 19.8 Å². The normalized spacial score (nSPS) is 17.9. The Bertz CT molecular complexity index is 1380. The molecule has 1 aromatic carbocycles. The maximum absolute atomic E-state index is 13.7. The molecule has 0 radical (unpaired) electrons. The number of carbonyl (C=O) groups excluding carboxylic acids is 4. The predicted molar refractivity (Wildman–Crippen MR) is 162 cm³/mol. The number of likely N-dealkylation sites (tertiary alicyclic amines) is 1. The summed E-state index contributed by atoms with van der Waals surface area (Å²) in [6.45, 7) is 7.61. The summed E-state index contributed by atoms with van der Waals surface area (Å²) in [4.78, 5) is 65.4. The zero-order valence-corrected chi connectivity index (χ0v) is 25.5. The van der Waals surface area contributed by atoms with Gasteiger partial charge in [0, 0.05) is 62.8 Å². The number of nitrogens with zero attached hydrogens (tertiary/aromatic N) is 5. The van der Waals surface area contributed by atoms with Crippen molar-refractivity contribution >= 4 is 57.3 Å². The van der Waals surface area contributed by atoms with Gasteiger partial charge in [0.15, 0.2) is 16.6 Å². The van der Waals surface area contributed by atoms with E-state index in [1.165, 1.54) is 21.1 Å². The lowest BCUT2D eigenvalue weighted by molar-refractivity contribution is -0.139. The van der Waals surface area contributed by atoms with Crippen molar-refractivity contribution in [2.24, 2.45) is 5.92 Å². The van der Waals surface area contributed by atoms with Crippen LogP contribution in [0.4, 0.5) is 11.8 Å². The molecule has 2 aromatic rings. The minimum atomic E-state index is -0.655. The zero-order valence-electron chi connectivity index (χ0n) is 24.7. The smallest absolute Gasteiger partial charge is 0.248 e. The topological polar surface area (TPSA) is 134 Å². The van der Waals surface area contributed by atoms with Gasteiger partial charge in [0.05, 0.1) is 19.7 Å². The van der Waals surface area contributed by atoms with Gasteiger partial charge in [0.25, 0.3) is 0 Å². The van der Waals surface area contributed by atoms with Crippen molar-refractivity contribution in [3.05, 3.63) is 24.3 Å². The summed E-state index contributed by atoms with van der Waals surface area (Å²) in [5.41, 5.74) is 0.551. The Morgan fingerprint density at radius 1 is 1.07 bits per heavy atom. The summed E-state index contributed by atoms with van der Waals surface area (Å²) in [5.74, 6) is 1.11. The van der Waals surface area contributed by atoms with E-state index in [0.717, 1.165) is 11.8 Å². The first-order valence-corrected chi connectivity index (χ1v) is 15.0. The standard InChI is InChI=1S/C29H38N6O6S/c1-6-8-25(37)33-11-13-34(14-12-33)29-30-21-16-24(41-5)23(40-4)15-20(21)26(32-29)31-27(38)22-9-7-10-35(22)28(39)18(2)17-42-19(3)36/h6,8,15-16,18,22H,7,9-14,17H2,1-5H3,(H,30,31,32,38)/t18?,22-/m0/s1. The second kappa shape index (κ2) is 13.9. The van der Waals surface area contributed by atoms with Crippen LogP contribution in [0.25, 0.3) is 10.9 Å². The van der Waals surface area contributed by atoms with Gasteiger partial charge in [0.2, 0.25) is 23.7 Å². The maximum atomic E-state index is 13.7. The molecule has 2 aliphatic rings. The molecule has 2 aliphatic heterocycles. The van der Waals surface area contributed by atoms with Crippen LogP contribution in [-0.2, 0) is 19.2 Å². The van der Waals surface area contributed by atoms with Crippen molar-refractivity contribution in [3.63, 3.8) is 0 Å². The third-order valence-corrected chi connectivity index (χ3v) is 8.48. The van der Waals surface area contributed by atoms with Crippen LogP contribution in [0.1, 0.15) is 33.6 Å². The van der Waals surface area contributed by atoms with Crippen molar-refractivity contribution in [2.75, 3.05) is 62.9 Å². The molecule has 0 spiro atoms. The number of rotatable bonds is 9. The second-order valence-electron chi connectivity index (χ2n) is 10.3. The third-order valence-electron chi connectivity index (χ3n) is 7.41.